The molecular weight excluding hydrogens is 396 g/mol. The van der Waals surface area contributed by atoms with E-state index in [1.54, 1.807) is 38.1 Å². The number of hydrogen-bond acceptors (Lipinski definition) is 5. The number of nitrogens with zero attached hydrogens (tertiary/aromatic N) is 1. The molecule has 1 aromatic rings. The van der Waals surface area contributed by atoms with Crippen molar-refractivity contribution in [2.24, 2.45) is 35.5 Å². The minimum Gasteiger partial charge on any atom is -0.459 e. The summed E-state index contributed by atoms with van der Waals surface area (Å²) in [5, 5.41) is 2.76. The number of carbonyl (C=O) groups is 4. The molecule has 31 heavy (non-hydrogen) atoms. The van der Waals surface area contributed by atoms with Gasteiger partial charge >= 0.3 is 5.97 Å². The highest BCUT2D eigenvalue weighted by atomic mass is 16.5. The Hall–Kier alpha value is -2.96. The van der Waals surface area contributed by atoms with Crippen LogP contribution in [0.5, 0.6) is 0 Å². The Morgan fingerprint density at radius 1 is 1.03 bits per heavy atom. The van der Waals surface area contributed by atoms with Crippen LogP contribution in [0.15, 0.2) is 36.4 Å². The van der Waals surface area contributed by atoms with Crippen LogP contribution in [-0.2, 0) is 19.1 Å². The molecule has 6 rings (SSSR count). The van der Waals surface area contributed by atoms with Crippen LogP contribution in [-0.4, -0.2) is 41.2 Å². The summed E-state index contributed by atoms with van der Waals surface area (Å²) < 4.78 is 5.14. The van der Waals surface area contributed by atoms with Gasteiger partial charge in [0.05, 0.1) is 23.5 Å². The Balaban J connectivity index is 1.17. The van der Waals surface area contributed by atoms with Crippen LogP contribution >= 0.6 is 0 Å². The maximum Gasteiger partial charge on any atom is 0.338 e. The van der Waals surface area contributed by atoms with E-state index >= 15 is 0 Å². The van der Waals surface area contributed by atoms with Crippen molar-refractivity contribution >= 4 is 29.4 Å². The van der Waals surface area contributed by atoms with Gasteiger partial charge in [-0.3, -0.25) is 19.3 Å². The molecule has 1 N–H and O–H groups in total. The first kappa shape index (κ1) is 20.0. The fourth-order valence-electron chi connectivity index (χ4n) is 5.65. The van der Waals surface area contributed by atoms with Gasteiger partial charge < -0.3 is 10.1 Å². The highest BCUT2D eigenvalue weighted by Gasteiger charge is 2.66. The quantitative estimate of drug-likeness (QED) is 0.432. The van der Waals surface area contributed by atoms with Gasteiger partial charge in [-0.25, -0.2) is 4.79 Å². The number of ether oxygens (including phenoxy) is 1. The van der Waals surface area contributed by atoms with Crippen molar-refractivity contribution in [1.29, 1.82) is 0 Å². The van der Waals surface area contributed by atoms with Crippen molar-refractivity contribution in [3.63, 3.8) is 0 Å². The Bertz CT molecular complexity index is 946. The summed E-state index contributed by atoms with van der Waals surface area (Å²) in [6, 6.07) is 6.44. The second kappa shape index (κ2) is 7.32. The number of nitrogens with one attached hydrogen (secondary N) is 1. The fourth-order valence-corrected chi connectivity index (χ4v) is 5.65. The molecule has 4 aliphatic carbocycles. The lowest BCUT2D eigenvalue weighted by Crippen LogP contribution is -2.40. The summed E-state index contributed by atoms with van der Waals surface area (Å²) >= 11 is 0. The van der Waals surface area contributed by atoms with Crippen molar-refractivity contribution in [3.8, 4) is 0 Å². The molecule has 5 aliphatic rings. The van der Waals surface area contributed by atoms with Crippen LogP contribution in [0.1, 0.15) is 37.0 Å². The lowest BCUT2D eigenvalue weighted by Gasteiger charge is -2.37. The lowest BCUT2D eigenvalue weighted by atomic mass is 9.63. The molecule has 3 fully saturated rings. The van der Waals surface area contributed by atoms with Gasteiger partial charge in [0.2, 0.25) is 17.7 Å². The lowest BCUT2D eigenvalue weighted by molar-refractivity contribution is -0.140. The minimum atomic E-state index is -0.415. The van der Waals surface area contributed by atoms with Gasteiger partial charge in [-0.15, -0.1) is 0 Å². The van der Waals surface area contributed by atoms with Crippen molar-refractivity contribution in [3.05, 3.63) is 42.0 Å². The molecule has 0 unspecified atom stereocenters. The average Bonchev–Trinajstić information content (AvgIpc) is 3.51. The number of hydrogen-bond donors (Lipinski definition) is 1. The smallest absolute Gasteiger partial charge is 0.338 e. The highest BCUT2D eigenvalue weighted by Crippen LogP contribution is 2.65. The number of anilines is 1. The molecule has 7 nitrogen and oxygen atoms in total. The maximum atomic E-state index is 12.9. The third-order valence-electron chi connectivity index (χ3n) is 7.06. The number of imide groups is 1. The first-order chi connectivity index (χ1) is 14.8. The third kappa shape index (κ3) is 3.36. The molecule has 1 heterocycles. The summed E-state index contributed by atoms with van der Waals surface area (Å²) in [5.74, 6) is 0.140. The van der Waals surface area contributed by atoms with Crippen LogP contribution in [0.25, 0.3) is 0 Å². The molecule has 0 spiro atoms. The van der Waals surface area contributed by atoms with Gasteiger partial charge in [-0.1, -0.05) is 12.2 Å². The average molecular weight is 422 g/mol. The Morgan fingerprint density at radius 2 is 1.61 bits per heavy atom. The molecule has 2 bridgehead atoms. The number of benzene rings is 1. The van der Waals surface area contributed by atoms with E-state index in [0.29, 0.717) is 23.1 Å². The number of likely N-dealkylation sites (tertiary alicyclic amines) is 1. The number of amides is 3. The first-order valence-corrected chi connectivity index (χ1v) is 11.0. The summed E-state index contributed by atoms with van der Waals surface area (Å²) in [6.45, 7) is 3.66. The van der Waals surface area contributed by atoms with Crippen molar-refractivity contribution in [2.75, 3.05) is 11.9 Å². The first-order valence-electron chi connectivity index (χ1n) is 11.0. The number of carbonyl (C=O) groups excluding carboxylic acids is 4. The van der Waals surface area contributed by atoms with Crippen molar-refractivity contribution in [1.82, 2.24) is 4.90 Å². The molecule has 1 saturated heterocycles. The molecule has 162 valence electrons. The van der Waals surface area contributed by atoms with Crippen LogP contribution < -0.4 is 5.32 Å². The van der Waals surface area contributed by atoms with E-state index in [9.17, 15) is 19.2 Å². The standard InChI is InChI=1S/C24H26N2O5/c1-12(2)31-24(30)13-3-5-14(6-4-13)25-19(27)9-10-26-22(28)20-15-7-8-16(18-11-17(15)18)21(20)23(26)29/h3-8,12,15-18,20-21H,9-11H2,1-2H3,(H,25,27)/t15-,16-,17-,18+,20+,21+/m0/s1. The van der Waals surface area contributed by atoms with Crippen LogP contribution in [0.2, 0.25) is 0 Å². The van der Waals surface area contributed by atoms with Crippen LogP contribution in [0, 0.1) is 35.5 Å². The second-order valence-corrected chi connectivity index (χ2v) is 9.31. The predicted molar refractivity (Wildman–Crippen MR) is 112 cm³/mol. The molecule has 7 heteroatoms. The van der Waals surface area contributed by atoms with E-state index in [-0.39, 0.29) is 60.5 Å². The van der Waals surface area contributed by atoms with Crippen LogP contribution in [0.3, 0.4) is 0 Å². The van der Waals surface area contributed by atoms with E-state index in [4.69, 9.17) is 4.74 Å². The number of esters is 1. The van der Waals surface area contributed by atoms with Crippen molar-refractivity contribution < 1.29 is 23.9 Å². The SMILES string of the molecule is CC(C)OC(=O)c1ccc(NC(=O)CCN2C(=O)[C@@H]3[C@H]4C=C[C@@H]([C@@H]5C[C@H]45)[C@H]3C2=O)cc1. The zero-order valence-electron chi connectivity index (χ0n) is 17.6. The minimum absolute atomic E-state index is 0.0453. The molecule has 1 aromatic carbocycles. The number of rotatable bonds is 6. The van der Waals surface area contributed by atoms with Crippen molar-refractivity contribution in [2.45, 2.75) is 32.8 Å². The summed E-state index contributed by atoms with van der Waals surface area (Å²) in [5.41, 5.74) is 0.949. The van der Waals surface area contributed by atoms with Gasteiger partial charge in [0, 0.05) is 18.7 Å². The Morgan fingerprint density at radius 3 is 2.16 bits per heavy atom. The summed E-state index contributed by atoms with van der Waals surface area (Å²) in [7, 11) is 0. The Kier molecular flexibility index (Phi) is 4.72. The summed E-state index contributed by atoms with van der Waals surface area (Å²) in [4.78, 5) is 51.5. The predicted octanol–water partition coefficient (Wildman–Crippen LogP) is 2.63. The van der Waals surface area contributed by atoms with Gasteiger partial charge in [-0.2, -0.15) is 0 Å². The van der Waals surface area contributed by atoms with Crippen LogP contribution in [0.4, 0.5) is 5.69 Å². The molecule has 1 aliphatic heterocycles. The van der Waals surface area contributed by atoms with Gasteiger partial charge in [0.25, 0.3) is 0 Å². The summed E-state index contributed by atoms with van der Waals surface area (Å²) in [6.07, 6.45) is 5.25. The monoisotopic (exact) mass is 422 g/mol. The fraction of sp³-hybridized carbons (Fsp3) is 0.500. The molecule has 0 radical (unpaired) electrons. The van der Waals surface area contributed by atoms with E-state index in [2.05, 4.69) is 17.5 Å². The number of allylic oxidation sites excluding steroid dienone is 2. The zero-order valence-corrected chi connectivity index (χ0v) is 17.6. The second-order valence-electron chi connectivity index (χ2n) is 9.31. The van der Waals surface area contributed by atoms with E-state index in [0.717, 1.165) is 6.42 Å². The molecule has 3 amide bonds. The topological polar surface area (TPSA) is 92.8 Å². The van der Waals surface area contributed by atoms with E-state index in [1.165, 1.54) is 4.90 Å². The third-order valence-corrected chi connectivity index (χ3v) is 7.06. The highest BCUT2D eigenvalue weighted by molar-refractivity contribution is 6.06. The molecule has 2 saturated carbocycles. The van der Waals surface area contributed by atoms with Gasteiger partial charge in [0.1, 0.15) is 0 Å². The zero-order chi connectivity index (χ0) is 21.9. The normalized spacial score (nSPS) is 32.2. The maximum absolute atomic E-state index is 12.9. The molecular formula is C24H26N2O5. The van der Waals surface area contributed by atoms with Gasteiger partial charge in [0.15, 0.2) is 0 Å². The van der Waals surface area contributed by atoms with Gasteiger partial charge in [-0.05, 0) is 68.2 Å². The molecule has 6 atom stereocenters. The molecule has 0 aromatic heterocycles. The van der Waals surface area contributed by atoms with E-state index in [1.807, 2.05) is 0 Å². The van der Waals surface area contributed by atoms with E-state index < -0.39 is 5.97 Å². The largest absolute Gasteiger partial charge is 0.459 e. The Labute approximate surface area is 180 Å².